The number of benzene rings is 2. The van der Waals surface area contributed by atoms with Crippen LogP contribution in [0.4, 0.5) is 5.69 Å². The predicted molar refractivity (Wildman–Crippen MR) is 84.5 cm³/mol. The van der Waals surface area contributed by atoms with Crippen molar-refractivity contribution in [2.24, 2.45) is 0 Å². The first-order valence-electron chi connectivity index (χ1n) is 7.47. The fraction of sp³-hybridized carbons (Fsp3) is 0.333. The molecule has 20 heavy (non-hydrogen) atoms. The third-order valence-electron chi connectivity index (χ3n) is 4.05. The summed E-state index contributed by atoms with van der Waals surface area (Å²) in [6.07, 6.45) is 5.20. The number of aryl methyl sites for hydroxylation is 2. The smallest absolute Gasteiger partial charge is 0.0314 e. The SMILES string of the molecule is Nc1ccc(CNCc2ccc3c(c2)CCCC3)cc1. The third kappa shape index (κ3) is 3.20. The zero-order chi connectivity index (χ0) is 13.8. The van der Waals surface area contributed by atoms with E-state index in [4.69, 9.17) is 5.73 Å². The van der Waals surface area contributed by atoms with Gasteiger partial charge < -0.3 is 11.1 Å². The average Bonchev–Trinajstić information content (AvgIpc) is 2.49. The Kier molecular flexibility index (Phi) is 4.03. The number of anilines is 1. The van der Waals surface area contributed by atoms with Crippen molar-refractivity contribution in [3.8, 4) is 0 Å². The summed E-state index contributed by atoms with van der Waals surface area (Å²) in [5.41, 5.74) is 12.3. The van der Waals surface area contributed by atoms with Crippen LogP contribution in [0.1, 0.15) is 35.1 Å². The van der Waals surface area contributed by atoms with Gasteiger partial charge in [-0.15, -0.1) is 0 Å². The minimum atomic E-state index is 0.823. The van der Waals surface area contributed by atoms with Gasteiger partial charge in [0.1, 0.15) is 0 Å². The van der Waals surface area contributed by atoms with E-state index in [0.717, 1.165) is 18.8 Å². The van der Waals surface area contributed by atoms with E-state index in [1.165, 1.54) is 36.8 Å². The summed E-state index contributed by atoms with van der Waals surface area (Å²) in [5, 5.41) is 3.50. The number of nitrogens with two attached hydrogens (primary N) is 1. The molecule has 0 aliphatic heterocycles. The molecule has 2 heteroatoms. The van der Waals surface area contributed by atoms with Crippen molar-refractivity contribution in [3.05, 3.63) is 64.7 Å². The molecule has 2 nitrogen and oxygen atoms in total. The Morgan fingerprint density at radius 2 is 1.45 bits per heavy atom. The lowest BCUT2D eigenvalue weighted by atomic mass is 9.90. The van der Waals surface area contributed by atoms with E-state index < -0.39 is 0 Å². The van der Waals surface area contributed by atoms with Crippen LogP contribution in [-0.4, -0.2) is 0 Å². The molecule has 1 aliphatic rings. The first kappa shape index (κ1) is 13.2. The number of nitrogens with one attached hydrogen (secondary N) is 1. The molecule has 0 unspecified atom stereocenters. The van der Waals surface area contributed by atoms with Crippen molar-refractivity contribution in [3.63, 3.8) is 0 Å². The van der Waals surface area contributed by atoms with Gasteiger partial charge in [-0.25, -0.2) is 0 Å². The Hall–Kier alpha value is -1.80. The highest BCUT2D eigenvalue weighted by Gasteiger charge is 2.09. The van der Waals surface area contributed by atoms with Crippen LogP contribution in [0.2, 0.25) is 0 Å². The third-order valence-corrected chi connectivity index (χ3v) is 4.05. The van der Waals surface area contributed by atoms with Crippen molar-refractivity contribution in [1.29, 1.82) is 0 Å². The van der Waals surface area contributed by atoms with Crippen molar-refractivity contribution in [2.75, 3.05) is 5.73 Å². The van der Waals surface area contributed by atoms with Gasteiger partial charge in [-0.05, 0) is 60.1 Å². The van der Waals surface area contributed by atoms with Gasteiger partial charge in [0.05, 0.1) is 0 Å². The highest BCUT2D eigenvalue weighted by atomic mass is 14.8. The summed E-state index contributed by atoms with van der Waals surface area (Å²) in [7, 11) is 0. The van der Waals surface area contributed by atoms with Crippen LogP contribution >= 0.6 is 0 Å². The predicted octanol–water partition coefficient (Wildman–Crippen LogP) is 3.44. The fourth-order valence-corrected chi connectivity index (χ4v) is 2.88. The maximum atomic E-state index is 5.69. The summed E-state index contributed by atoms with van der Waals surface area (Å²) < 4.78 is 0. The van der Waals surface area contributed by atoms with Gasteiger partial charge in [0.25, 0.3) is 0 Å². The molecule has 2 aromatic carbocycles. The van der Waals surface area contributed by atoms with Crippen molar-refractivity contribution >= 4 is 5.69 Å². The summed E-state index contributed by atoms with van der Waals surface area (Å²) >= 11 is 0. The number of nitrogen functional groups attached to an aromatic ring is 1. The molecule has 3 rings (SSSR count). The normalized spacial score (nSPS) is 14.0. The molecule has 104 valence electrons. The van der Waals surface area contributed by atoms with E-state index in [-0.39, 0.29) is 0 Å². The number of hydrogen-bond acceptors (Lipinski definition) is 2. The van der Waals surface area contributed by atoms with Crippen LogP contribution in [0, 0.1) is 0 Å². The zero-order valence-corrected chi connectivity index (χ0v) is 11.9. The van der Waals surface area contributed by atoms with Gasteiger partial charge in [-0.3, -0.25) is 0 Å². The molecular weight excluding hydrogens is 244 g/mol. The number of fused-ring (bicyclic) bond motifs is 1. The standard InChI is InChI=1S/C18H22N2/c19-18-9-6-14(7-10-18)12-20-13-15-5-8-16-3-1-2-4-17(16)11-15/h5-11,20H,1-4,12-13,19H2. The highest BCUT2D eigenvalue weighted by molar-refractivity contribution is 5.39. The van der Waals surface area contributed by atoms with Crippen LogP contribution in [0.3, 0.4) is 0 Å². The molecule has 1 aliphatic carbocycles. The lowest BCUT2D eigenvalue weighted by Gasteiger charge is -2.16. The molecule has 0 amide bonds. The Labute approximate surface area is 121 Å². The van der Waals surface area contributed by atoms with E-state index in [2.05, 4.69) is 35.6 Å². The molecule has 0 heterocycles. The topological polar surface area (TPSA) is 38.0 Å². The Morgan fingerprint density at radius 1 is 0.800 bits per heavy atom. The highest BCUT2D eigenvalue weighted by Crippen LogP contribution is 2.22. The number of rotatable bonds is 4. The van der Waals surface area contributed by atoms with E-state index in [1.807, 2.05) is 12.1 Å². The van der Waals surface area contributed by atoms with Crippen LogP contribution in [0.25, 0.3) is 0 Å². The summed E-state index contributed by atoms with van der Waals surface area (Å²) in [6.45, 7) is 1.81. The fourth-order valence-electron chi connectivity index (χ4n) is 2.88. The lowest BCUT2D eigenvalue weighted by Crippen LogP contribution is -2.13. The molecule has 0 fully saturated rings. The number of hydrogen-bond donors (Lipinski definition) is 2. The zero-order valence-electron chi connectivity index (χ0n) is 11.9. The van der Waals surface area contributed by atoms with Crippen LogP contribution in [-0.2, 0) is 25.9 Å². The molecule has 0 aromatic heterocycles. The van der Waals surface area contributed by atoms with Crippen molar-refractivity contribution < 1.29 is 0 Å². The molecule has 0 radical (unpaired) electrons. The van der Waals surface area contributed by atoms with Crippen LogP contribution in [0.15, 0.2) is 42.5 Å². The maximum Gasteiger partial charge on any atom is 0.0314 e. The molecule has 0 saturated carbocycles. The largest absolute Gasteiger partial charge is 0.399 e. The molecule has 3 N–H and O–H groups in total. The second-order valence-electron chi connectivity index (χ2n) is 5.66. The second kappa shape index (κ2) is 6.10. The van der Waals surface area contributed by atoms with Crippen molar-refractivity contribution in [2.45, 2.75) is 38.8 Å². The van der Waals surface area contributed by atoms with Crippen LogP contribution in [0.5, 0.6) is 0 Å². The first-order chi connectivity index (χ1) is 9.81. The molecule has 0 saturated heterocycles. The lowest BCUT2D eigenvalue weighted by molar-refractivity contribution is 0.672. The van der Waals surface area contributed by atoms with E-state index >= 15 is 0 Å². The van der Waals surface area contributed by atoms with Gasteiger partial charge in [0, 0.05) is 18.8 Å². The molecular formula is C18H22N2. The van der Waals surface area contributed by atoms with Gasteiger partial charge in [-0.1, -0.05) is 30.3 Å². The van der Waals surface area contributed by atoms with Crippen molar-refractivity contribution in [1.82, 2.24) is 5.32 Å². The minimum absolute atomic E-state index is 0.823. The van der Waals surface area contributed by atoms with Gasteiger partial charge in [0.15, 0.2) is 0 Å². The Bertz CT molecular complexity index is 572. The molecule has 0 spiro atoms. The van der Waals surface area contributed by atoms with Gasteiger partial charge in [0.2, 0.25) is 0 Å². The minimum Gasteiger partial charge on any atom is -0.399 e. The quantitative estimate of drug-likeness (QED) is 0.832. The first-order valence-corrected chi connectivity index (χ1v) is 7.47. The molecule has 2 aromatic rings. The summed E-state index contributed by atoms with van der Waals surface area (Å²) in [6, 6.07) is 15.0. The van der Waals surface area contributed by atoms with Crippen LogP contribution < -0.4 is 11.1 Å². The molecule has 0 atom stereocenters. The maximum absolute atomic E-state index is 5.69. The average molecular weight is 266 g/mol. The second-order valence-corrected chi connectivity index (χ2v) is 5.66. The van der Waals surface area contributed by atoms with E-state index in [0.29, 0.717) is 0 Å². The van der Waals surface area contributed by atoms with E-state index in [1.54, 1.807) is 11.1 Å². The summed E-state index contributed by atoms with van der Waals surface area (Å²) in [5.74, 6) is 0. The Morgan fingerprint density at radius 3 is 2.25 bits per heavy atom. The molecule has 0 bridgehead atoms. The van der Waals surface area contributed by atoms with Gasteiger partial charge >= 0.3 is 0 Å². The Balaban J connectivity index is 1.57. The summed E-state index contributed by atoms with van der Waals surface area (Å²) in [4.78, 5) is 0. The van der Waals surface area contributed by atoms with E-state index in [9.17, 15) is 0 Å². The van der Waals surface area contributed by atoms with Gasteiger partial charge in [-0.2, -0.15) is 0 Å². The monoisotopic (exact) mass is 266 g/mol.